The number of carbonyl (C=O) groups is 2. The largest absolute Gasteiger partial charge is 0.481 e. The van der Waals surface area contributed by atoms with Gasteiger partial charge in [0.15, 0.2) is 0 Å². The Morgan fingerprint density at radius 1 is 1.42 bits per heavy atom. The highest BCUT2D eigenvalue weighted by molar-refractivity contribution is 5.86. The van der Waals surface area contributed by atoms with E-state index in [1.165, 1.54) is 0 Å². The van der Waals surface area contributed by atoms with Crippen molar-refractivity contribution < 1.29 is 24.5 Å². The van der Waals surface area contributed by atoms with Gasteiger partial charge in [-0.25, -0.2) is 0 Å². The molecule has 2 N–H and O–H groups in total. The second kappa shape index (κ2) is 3.96. The zero-order valence-electron chi connectivity index (χ0n) is 13.7. The molecule has 0 aromatic heterocycles. The molecule has 3 saturated carbocycles. The lowest BCUT2D eigenvalue weighted by Gasteiger charge is -2.42. The van der Waals surface area contributed by atoms with Crippen LogP contribution in [0.3, 0.4) is 0 Å². The van der Waals surface area contributed by atoms with Crippen LogP contribution in [0.5, 0.6) is 0 Å². The lowest BCUT2D eigenvalue weighted by atomic mass is 9.61. The number of carboxylic acid groups (broad SMARTS) is 1. The molecule has 5 aliphatic rings. The van der Waals surface area contributed by atoms with Crippen molar-refractivity contribution in [3.05, 3.63) is 24.3 Å². The van der Waals surface area contributed by atoms with Crippen LogP contribution in [-0.4, -0.2) is 33.9 Å². The topological polar surface area (TPSA) is 83.8 Å². The zero-order chi connectivity index (χ0) is 17.1. The number of fused-ring (bicyclic) bond motifs is 1. The van der Waals surface area contributed by atoms with Crippen molar-refractivity contribution in [2.45, 2.75) is 44.3 Å². The van der Waals surface area contributed by atoms with E-state index in [4.69, 9.17) is 4.74 Å². The van der Waals surface area contributed by atoms with Crippen molar-refractivity contribution in [1.29, 1.82) is 0 Å². The Kier molecular flexibility index (Phi) is 2.42. The van der Waals surface area contributed by atoms with E-state index in [9.17, 15) is 19.8 Å². The molecule has 5 nitrogen and oxygen atoms in total. The molecule has 24 heavy (non-hydrogen) atoms. The number of carbonyl (C=O) groups excluding carboxylic acids is 1. The van der Waals surface area contributed by atoms with Crippen LogP contribution in [0.4, 0.5) is 0 Å². The SMILES string of the molecule is C=C1C[C@]23C[C@H]1CCC2[C@@]12C=C[C@H](O)[C@](C)(C(=O)O1)C2C3C(=O)O. The van der Waals surface area contributed by atoms with Gasteiger partial charge in [-0.3, -0.25) is 9.59 Å². The number of aliphatic hydroxyl groups excluding tert-OH is 1. The van der Waals surface area contributed by atoms with Gasteiger partial charge in [-0.1, -0.05) is 18.2 Å². The van der Waals surface area contributed by atoms with Gasteiger partial charge in [-0.05, 0) is 50.0 Å². The summed E-state index contributed by atoms with van der Waals surface area (Å²) in [5.41, 5.74) is -1.30. The molecule has 4 bridgehead atoms. The van der Waals surface area contributed by atoms with E-state index in [1.807, 2.05) is 6.08 Å². The molecule has 0 radical (unpaired) electrons. The molecule has 1 heterocycles. The highest BCUT2D eigenvalue weighted by Gasteiger charge is 2.82. The van der Waals surface area contributed by atoms with Crippen molar-refractivity contribution in [3.63, 3.8) is 0 Å². The fourth-order valence-corrected chi connectivity index (χ4v) is 7.14. The molecular weight excluding hydrogens is 308 g/mol. The molecule has 5 rings (SSSR count). The first-order valence-electron chi connectivity index (χ1n) is 8.79. The van der Waals surface area contributed by atoms with Crippen LogP contribution in [0, 0.1) is 34.5 Å². The molecule has 128 valence electrons. The maximum Gasteiger partial charge on any atom is 0.316 e. The molecule has 1 saturated heterocycles. The van der Waals surface area contributed by atoms with E-state index in [2.05, 4.69) is 6.58 Å². The second-order valence-corrected chi connectivity index (χ2v) is 8.72. The summed E-state index contributed by atoms with van der Waals surface area (Å²) in [6, 6.07) is 0. The van der Waals surface area contributed by atoms with Gasteiger partial charge in [0.05, 0.1) is 12.0 Å². The van der Waals surface area contributed by atoms with Gasteiger partial charge < -0.3 is 14.9 Å². The Morgan fingerprint density at radius 2 is 2.17 bits per heavy atom. The van der Waals surface area contributed by atoms with Crippen molar-refractivity contribution in [2.75, 3.05) is 0 Å². The van der Waals surface area contributed by atoms with E-state index in [1.54, 1.807) is 13.0 Å². The number of ether oxygens (including phenoxy) is 1. The predicted octanol–water partition coefficient (Wildman–Crippen LogP) is 1.91. The molecule has 8 atom stereocenters. The van der Waals surface area contributed by atoms with E-state index in [-0.39, 0.29) is 5.92 Å². The van der Waals surface area contributed by atoms with Crippen LogP contribution in [0.1, 0.15) is 32.6 Å². The summed E-state index contributed by atoms with van der Waals surface area (Å²) in [6.45, 7) is 5.88. The van der Waals surface area contributed by atoms with Crippen LogP contribution in [0.2, 0.25) is 0 Å². The minimum Gasteiger partial charge on any atom is -0.481 e. The minimum atomic E-state index is -1.18. The maximum atomic E-state index is 12.7. The predicted molar refractivity (Wildman–Crippen MR) is 83.7 cm³/mol. The second-order valence-electron chi connectivity index (χ2n) is 8.72. The van der Waals surface area contributed by atoms with Gasteiger partial charge in [0.1, 0.15) is 11.0 Å². The summed E-state index contributed by atoms with van der Waals surface area (Å²) >= 11 is 0. The van der Waals surface area contributed by atoms with Gasteiger partial charge >= 0.3 is 11.9 Å². The van der Waals surface area contributed by atoms with Crippen LogP contribution in [-0.2, 0) is 14.3 Å². The Balaban J connectivity index is 1.78. The molecular formula is C19H22O5. The van der Waals surface area contributed by atoms with Crippen molar-refractivity contribution in [2.24, 2.45) is 34.5 Å². The van der Waals surface area contributed by atoms with E-state index >= 15 is 0 Å². The third-order valence-corrected chi connectivity index (χ3v) is 8.02. The normalized spacial score (nSPS) is 56.8. The molecule has 0 aromatic carbocycles. The zero-order valence-corrected chi connectivity index (χ0v) is 13.7. The first-order valence-corrected chi connectivity index (χ1v) is 8.79. The summed E-state index contributed by atoms with van der Waals surface area (Å²) in [4.78, 5) is 25.0. The summed E-state index contributed by atoms with van der Waals surface area (Å²) in [5.74, 6) is -2.12. The number of allylic oxidation sites excluding steroid dienone is 1. The van der Waals surface area contributed by atoms with Crippen molar-refractivity contribution >= 4 is 11.9 Å². The summed E-state index contributed by atoms with van der Waals surface area (Å²) < 4.78 is 5.92. The Hall–Kier alpha value is -1.62. The molecule has 4 fully saturated rings. The van der Waals surface area contributed by atoms with Gasteiger partial charge in [-0.2, -0.15) is 0 Å². The maximum absolute atomic E-state index is 12.7. The number of hydrogen-bond acceptors (Lipinski definition) is 4. The molecule has 5 heteroatoms. The third kappa shape index (κ3) is 1.25. The number of rotatable bonds is 1. The lowest BCUT2D eigenvalue weighted by Crippen LogP contribution is -2.50. The fraction of sp³-hybridized carbons (Fsp3) is 0.684. The monoisotopic (exact) mass is 330 g/mol. The third-order valence-electron chi connectivity index (χ3n) is 8.02. The van der Waals surface area contributed by atoms with E-state index < -0.39 is 46.3 Å². The molecule has 3 unspecified atom stereocenters. The molecule has 1 aliphatic heterocycles. The first-order chi connectivity index (χ1) is 11.3. The number of aliphatic carboxylic acids is 1. The van der Waals surface area contributed by atoms with Gasteiger partial charge in [0, 0.05) is 11.8 Å². The Labute approximate surface area is 140 Å². The fourth-order valence-electron chi connectivity index (χ4n) is 7.14. The van der Waals surface area contributed by atoms with E-state index in [0.717, 1.165) is 24.8 Å². The Bertz CT molecular complexity index is 725. The lowest BCUT2D eigenvalue weighted by molar-refractivity contribution is -0.161. The Morgan fingerprint density at radius 3 is 2.88 bits per heavy atom. The minimum absolute atomic E-state index is 0.00104. The molecule has 1 spiro atoms. The van der Waals surface area contributed by atoms with Crippen LogP contribution in [0.15, 0.2) is 24.3 Å². The van der Waals surface area contributed by atoms with Gasteiger partial charge in [0.2, 0.25) is 0 Å². The average molecular weight is 330 g/mol. The molecule has 0 amide bonds. The number of esters is 1. The molecule has 4 aliphatic carbocycles. The smallest absolute Gasteiger partial charge is 0.316 e. The van der Waals surface area contributed by atoms with Gasteiger partial charge in [0.25, 0.3) is 0 Å². The highest BCUT2D eigenvalue weighted by atomic mass is 16.6. The number of aliphatic hydroxyl groups is 1. The summed E-state index contributed by atoms with van der Waals surface area (Å²) in [6.07, 6.45) is 5.83. The quantitative estimate of drug-likeness (QED) is 0.567. The highest BCUT2D eigenvalue weighted by Crippen LogP contribution is 2.76. The molecule has 0 aromatic rings. The van der Waals surface area contributed by atoms with Crippen molar-refractivity contribution in [1.82, 2.24) is 0 Å². The number of carboxylic acids is 1. The van der Waals surface area contributed by atoms with Crippen molar-refractivity contribution in [3.8, 4) is 0 Å². The number of hydrogen-bond donors (Lipinski definition) is 2. The van der Waals surface area contributed by atoms with Crippen LogP contribution in [0.25, 0.3) is 0 Å². The first kappa shape index (κ1) is 14.7. The van der Waals surface area contributed by atoms with Crippen LogP contribution < -0.4 is 0 Å². The summed E-state index contributed by atoms with van der Waals surface area (Å²) in [5, 5.41) is 20.7. The van der Waals surface area contributed by atoms with Crippen LogP contribution >= 0.6 is 0 Å². The van der Waals surface area contributed by atoms with Gasteiger partial charge in [-0.15, -0.1) is 0 Å². The summed E-state index contributed by atoms with van der Waals surface area (Å²) in [7, 11) is 0. The standard InChI is InChI=1S/C19H22O5/c1-9-7-18-8-10(9)3-4-11(18)19-6-5-12(20)17(2,16(23)24-19)14(19)13(18)15(21)22/h5-6,10-14,20H,1,3-4,7-8H2,2H3,(H,21,22)/t10-,11?,12+,13?,14?,17+,18+,19-/m1/s1. The van der Waals surface area contributed by atoms with E-state index in [0.29, 0.717) is 12.3 Å². The average Bonchev–Trinajstić information content (AvgIpc) is 2.98.